The predicted molar refractivity (Wildman–Crippen MR) is 120 cm³/mol. The highest BCUT2D eigenvalue weighted by Gasteiger charge is 2.16. The van der Waals surface area contributed by atoms with Crippen LogP contribution in [0, 0.1) is 13.8 Å². The topological polar surface area (TPSA) is 47.4 Å². The summed E-state index contributed by atoms with van der Waals surface area (Å²) in [5.41, 5.74) is 4.39. The predicted octanol–water partition coefficient (Wildman–Crippen LogP) is 5.68. The molecule has 0 bridgehead atoms. The molecule has 0 unspecified atom stereocenters. The van der Waals surface area contributed by atoms with E-state index in [0.717, 1.165) is 33.2 Å². The fraction of sp³-hybridized carbons (Fsp3) is 0.304. The van der Waals surface area contributed by atoms with Gasteiger partial charge in [0.25, 0.3) is 5.91 Å². The lowest BCUT2D eigenvalue weighted by molar-refractivity contribution is 0.0781. The van der Waals surface area contributed by atoms with Gasteiger partial charge in [0.2, 0.25) is 0 Å². The molecule has 30 heavy (non-hydrogen) atoms. The van der Waals surface area contributed by atoms with E-state index in [0.29, 0.717) is 30.3 Å². The molecule has 3 aromatic rings. The average Bonchev–Trinajstić information content (AvgIpc) is 3.09. The van der Waals surface area contributed by atoms with Crippen molar-refractivity contribution in [2.75, 3.05) is 7.05 Å². The lowest BCUT2D eigenvalue weighted by Gasteiger charge is -2.18. The number of carbonyl (C=O) groups excluding carboxylic acids is 1. The third kappa shape index (κ3) is 4.97. The number of hydrogen-bond donors (Lipinski definition) is 0. The number of nitrogens with zero attached hydrogens (tertiary/aromatic N) is 3. The van der Waals surface area contributed by atoms with Gasteiger partial charge in [-0.15, -0.1) is 0 Å². The van der Waals surface area contributed by atoms with Crippen LogP contribution >= 0.6 is 23.2 Å². The number of benzene rings is 2. The maximum absolute atomic E-state index is 12.8. The van der Waals surface area contributed by atoms with Gasteiger partial charge in [-0.1, -0.05) is 35.3 Å². The molecule has 158 valence electrons. The Hall–Kier alpha value is -2.50. The minimum atomic E-state index is -0.0775. The van der Waals surface area contributed by atoms with Gasteiger partial charge in [0.1, 0.15) is 12.4 Å². The van der Waals surface area contributed by atoms with E-state index in [-0.39, 0.29) is 5.91 Å². The van der Waals surface area contributed by atoms with Gasteiger partial charge in [0.15, 0.2) is 0 Å². The van der Waals surface area contributed by atoms with E-state index in [1.165, 1.54) is 0 Å². The van der Waals surface area contributed by atoms with Crippen LogP contribution in [0.4, 0.5) is 0 Å². The number of ether oxygens (including phenoxy) is 1. The summed E-state index contributed by atoms with van der Waals surface area (Å²) in [4.78, 5) is 14.4. The summed E-state index contributed by atoms with van der Waals surface area (Å²) in [6.45, 7) is 7.41. The second kappa shape index (κ2) is 9.54. The highest BCUT2D eigenvalue weighted by atomic mass is 35.5. The molecule has 0 saturated carbocycles. The van der Waals surface area contributed by atoms with E-state index in [1.807, 2.05) is 57.2 Å². The molecule has 5 nitrogen and oxygen atoms in total. The third-order valence-electron chi connectivity index (χ3n) is 4.95. The fourth-order valence-electron chi connectivity index (χ4n) is 3.23. The van der Waals surface area contributed by atoms with Gasteiger partial charge in [-0.25, -0.2) is 0 Å². The second-order valence-electron chi connectivity index (χ2n) is 7.27. The minimum Gasteiger partial charge on any atom is -0.489 e. The molecular formula is C23H25Cl2N3O2. The Balaban J connectivity index is 1.63. The number of halogens is 2. The Morgan fingerprint density at radius 1 is 1.13 bits per heavy atom. The summed E-state index contributed by atoms with van der Waals surface area (Å²) in [6.07, 6.45) is 1.61. The first kappa shape index (κ1) is 22.2. The molecule has 0 radical (unpaired) electrons. The Bertz CT molecular complexity index is 1020. The van der Waals surface area contributed by atoms with Gasteiger partial charge in [-0.2, -0.15) is 5.10 Å². The van der Waals surface area contributed by atoms with Crippen LogP contribution in [-0.4, -0.2) is 27.6 Å². The normalized spacial score (nSPS) is 10.9. The van der Waals surface area contributed by atoms with Crippen molar-refractivity contribution in [3.63, 3.8) is 0 Å². The molecule has 0 atom stereocenters. The van der Waals surface area contributed by atoms with Crippen molar-refractivity contribution in [1.82, 2.24) is 14.7 Å². The monoisotopic (exact) mass is 445 g/mol. The Kier molecular flexibility index (Phi) is 7.06. The Labute approximate surface area is 187 Å². The first-order valence-corrected chi connectivity index (χ1v) is 10.5. The number of aromatic nitrogens is 2. The SMILES string of the molecule is CCn1ncc(Cl)c1CN(C)C(=O)c1ccc(COc2cc(C)c(Cl)c(C)c2)cc1. The molecule has 0 aliphatic heterocycles. The van der Waals surface area contributed by atoms with Gasteiger partial charge < -0.3 is 9.64 Å². The van der Waals surface area contributed by atoms with Crippen LogP contribution in [0.25, 0.3) is 0 Å². The standard InChI is InChI=1S/C23H25Cl2N3O2/c1-5-28-21(20(24)12-26-28)13-27(4)23(29)18-8-6-17(7-9-18)14-30-19-10-15(2)22(25)16(3)11-19/h6-12H,5,13-14H2,1-4H3. The Morgan fingerprint density at radius 2 is 1.77 bits per heavy atom. The van der Waals surface area contributed by atoms with Crippen LogP contribution in [-0.2, 0) is 19.7 Å². The number of carbonyl (C=O) groups is 1. The smallest absolute Gasteiger partial charge is 0.253 e. The highest BCUT2D eigenvalue weighted by Crippen LogP contribution is 2.26. The number of hydrogen-bond acceptors (Lipinski definition) is 3. The quantitative estimate of drug-likeness (QED) is 0.469. The van der Waals surface area contributed by atoms with E-state index in [1.54, 1.807) is 22.8 Å². The lowest BCUT2D eigenvalue weighted by atomic mass is 10.1. The van der Waals surface area contributed by atoms with Crippen LogP contribution in [0.3, 0.4) is 0 Å². The van der Waals surface area contributed by atoms with Crippen molar-refractivity contribution in [1.29, 1.82) is 0 Å². The third-order valence-corrected chi connectivity index (χ3v) is 5.86. The second-order valence-corrected chi connectivity index (χ2v) is 8.06. The van der Waals surface area contributed by atoms with Crippen molar-refractivity contribution in [2.45, 2.75) is 40.5 Å². The molecule has 1 amide bonds. The molecule has 0 fully saturated rings. The summed E-state index contributed by atoms with van der Waals surface area (Å²) in [5, 5.41) is 5.55. The van der Waals surface area contributed by atoms with Gasteiger partial charge in [0.05, 0.1) is 23.5 Å². The molecule has 0 N–H and O–H groups in total. The highest BCUT2D eigenvalue weighted by molar-refractivity contribution is 6.32. The summed E-state index contributed by atoms with van der Waals surface area (Å²) < 4.78 is 7.69. The maximum atomic E-state index is 12.8. The lowest BCUT2D eigenvalue weighted by Crippen LogP contribution is -2.27. The maximum Gasteiger partial charge on any atom is 0.253 e. The zero-order valence-electron chi connectivity index (χ0n) is 17.6. The van der Waals surface area contributed by atoms with Crippen LogP contribution in [0.2, 0.25) is 10.0 Å². The fourth-order valence-corrected chi connectivity index (χ4v) is 3.54. The molecule has 0 aliphatic carbocycles. The van der Waals surface area contributed by atoms with Gasteiger partial charge in [-0.3, -0.25) is 9.48 Å². The van der Waals surface area contributed by atoms with Gasteiger partial charge >= 0.3 is 0 Å². The summed E-state index contributed by atoms with van der Waals surface area (Å²) in [6, 6.07) is 11.3. The van der Waals surface area contributed by atoms with Crippen molar-refractivity contribution in [3.8, 4) is 5.75 Å². The first-order valence-electron chi connectivity index (χ1n) is 9.74. The minimum absolute atomic E-state index is 0.0775. The Morgan fingerprint density at radius 3 is 2.37 bits per heavy atom. The number of rotatable bonds is 7. The van der Waals surface area contributed by atoms with E-state index in [2.05, 4.69) is 5.10 Å². The van der Waals surface area contributed by atoms with Crippen LogP contribution < -0.4 is 4.74 Å². The average molecular weight is 446 g/mol. The largest absolute Gasteiger partial charge is 0.489 e. The van der Waals surface area contributed by atoms with E-state index < -0.39 is 0 Å². The molecule has 7 heteroatoms. The molecular weight excluding hydrogens is 421 g/mol. The molecule has 0 aliphatic rings. The molecule has 1 heterocycles. The van der Waals surface area contributed by atoms with Crippen LogP contribution in [0.15, 0.2) is 42.6 Å². The zero-order valence-corrected chi connectivity index (χ0v) is 19.1. The summed E-state index contributed by atoms with van der Waals surface area (Å²) >= 11 is 12.4. The van der Waals surface area contributed by atoms with Crippen LogP contribution in [0.5, 0.6) is 5.75 Å². The zero-order chi connectivity index (χ0) is 21.8. The molecule has 3 rings (SSSR count). The first-order chi connectivity index (χ1) is 14.3. The van der Waals surface area contributed by atoms with Gasteiger partial charge in [-0.05, 0) is 61.7 Å². The van der Waals surface area contributed by atoms with Crippen molar-refractivity contribution in [2.24, 2.45) is 0 Å². The van der Waals surface area contributed by atoms with Crippen molar-refractivity contribution < 1.29 is 9.53 Å². The molecule has 0 saturated heterocycles. The van der Waals surface area contributed by atoms with E-state index in [9.17, 15) is 4.79 Å². The number of amides is 1. The van der Waals surface area contributed by atoms with Gasteiger partial charge in [0, 0.05) is 24.2 Å². The van der Waals surface area contributed by atoms with Crippen molar-refractivity contribution >= 4 is 29.1 Å². The van der Waals surface area contributed by atoms with E-state index in [4.69, 9.17) is 27.9 Å². The van der Waals surface area contributed by atoms with Crippen molar-refractivity contribution in [3.05, 3.63) is 80.6 Å². The number of aryl methyl sites for hydroxylation is 3. The van der Waals surface area contributed by atoms with Crippen LogP contribution in [0.1, 0.15) is 39.7 Å². The molecule has 0 spiro atoms. The van der Waals surface area contributed by atoms with E-state index >= 15 is 0 Å². The molecule has 1 aromatic heterocycles. The molecule has 2 aromatic carbocycles. The summed E-state index contributed by atoms with van der Waals surface area (Å²) in [5.74, 6) is 0.699. The summed E-state index contributed by atoms with van der Waals surface area (Å²) in [7, 11) is 1.76.